The van der Waals surface area contributed by atoms with E-state index in [0.717, 1.165) is 48.0 Å². The minimum Gasteiger partial charge on any atom is -0.278 e. The van der Waals surface area contributed by atoms with Crippen molar-refractivity contribution in [2.24, 2.45) is 23.2 Å². The minimum absolute atomic E-state index is 0.101. The minimum atomic E-state index is -3.70. The molecule has 26 heavy (non-hydrogen) atoms. The van der Waals surface area contributed by atoms with Gasteiger partial charge in [0.25, 0.3) is 10.0 Å². The summed E-state index contributed by atoms with van der Waals surface area (Å²) in [5.74, 6) is 2.11. The maximum absolute atomic E-state index is 12.4. The number of carbonyl (C=O) groups is 1. The van der Waals surface area contributed by atoms with Gasteiger partial charge < -0.3 is 0 Å². The third-order valence-electron chi connectivity index (χ3n) is 6.27. The van der Waals surface area contributed by atoms with Gasteiger partial charge in [0.1, 0.15) is 0 Å². The van der Waals surface area contributed by atoms with Crippen LogP contribution in [0.15, 0.2) is 35.7 Å². The Labute approximate surface area is 155 Å². The fourth-order valence-corrected chi connectivity index (χ4v) is 6.45. The van der Waals surface area contributed by atoms with E-state index in [1.165, 1.54) is 25.3 Å². The summed E-state index contributed by atoms with van der Waals surface area (Å²) in [4.78, 5) is 14.6. The second-order valence-electron chi connectivity index (χ2n) is 8.50. The van der Waals surface area contributed by atoms with Crippen LogP contribution in [0.25, 0.3) is 6.08 Å². The third-order valence-corrected chi connectivity index (χ3v) is 7.15. The molecule has 0 radical (unpaired) electrons. The van der Waals surface area contributed by atoms with Crippen molar-refractivity contribution in [3.63, 3.8) is 0 Å². The van der Waals surface area contributed by atoms with E-state index in [4.69, 9.17) is 0 Å². The average molecular weight is 375 g/mol. The summed E-state index contributed by atoms with van der Waals surface area (Å²) in [6, 6.07) is 9.18. The molecular formula is C20H26N2O3S. The molecule has 6 heteroatoms. The van der Waals surface area contributed by atoms with Crippen LogP contribution in [-0.4, -0.2) is 14.3 Å². The van der Waals surface area contributed by atoms with Crippen LogP contribution in [0.1, 0.15) is 50.5 Å². The smallest absolute Gasteiger partial charge is 0.250 e. The number of nitrogens with one attached hydrogen (secondary N) is 2. The second-order valence-corrected chi connectivity index (χ2v) is 10.1. The first-order valence-electron chi connectivity index (χ1n) is 9.45. The van der Waals surface area contributed by atoms with Crippen molar-refractivity contribution < 1.29 is 13.2 Å². The van der Waals surface area contributed by atoms with Crippen LogP contribution in [0.2, 0.25) is 0 Å². The van der Waals surface area contributed by atoms with E-state index in [9.17, 15) is 13.2 Å². The maximum atomic E-state index is 12.4. The van der Waals surface area contributed by atoms with E-state index >= 15 is 0 Å². The summed E-state index contributed by atoms with van der Waals surface area (Å²) < 4.78 is 24.1. The number of hydrogen-bond acceptors (Lipinski definition) is 3. The van der Waals surface area contributed by atoms with Crippen LogP contribution >= 0.6 is 0 Å². The number of amides is 1. The van der Waals surface area contributed by atoms with Gasteiger partial charge in [0.2, 0.25) is 5.91 Å². The number of hydrogen-bond donors (Lipinski definition) is 2. The van der Waals surface area contributed by atoms with Crippen molar-refractivity contribution in [1.29, 1.82) is 0 Å². The Kier molecular flexibility index (Phi) is 4.65. The topological polar surface area (TPSA) is 75.3 Å². The predicted octanol–water partition coefficient (Wildman–Crippen LogP) is 3.21. The van der Waals surface area contributed by atoms with Gasteiger partial charge in [-0.1, -0.05) is 30.3 Å². The molecule has 1 aromatic carbocycles. The molecule has 1 aromatic rings. The lowest BCUT2D eigenvalue weighted by molar-refractivity contribution is -0.129. The van der Waals surface area contributed by atoms with Crippen molar-refractivity contribution in [2.45, 2.75) is 44.9 Å². The van der Waals surface area contributed by atoms with E-state index in [1.807, 2.05) is 30.3 Å². The number of rotatable bonds is 6. The fraction of sp³-hybridized carbons (Fsp3) is 0.550. The first-order chi connectivity index (χ1) is 12.4. The zero-order chi connectivity index (χ0) is 18.2. The summed E-state index contributed by atoms with van der Waals surface area (Å²) in [7, 11) is -3.70. The van der Waals surface area contributed by atoms with Gasteiger partial charge in [0, 0.05) is 11.8 Å². The van der Waals surface area contributed by atoms with Crippen LogP contribution in [0.3, 0.4) is 0 Å². The molecule has 5 nitrogen and oxygen atoms in total. The van der Waals surface area contributed by atoms with Crippen molar-refractivity contribution in [2.75, 3.05) is 0 Å². The SMILES string of the molecule is O=C(CC12CC3CC(CC(C3)C1)C2)NNS(=O)(=O)/C=C/c1ccccc1. The summed E-state index contributed by atoms with van der Waals surface area (Å²) >= 11 is 0. The van der Waals surface area contributed by atoms with Gasteiger partial charge >= 0.3 is 0 Å². The Morgan fingerprint density at radius 1 is 1.04 bits per heavy atom. The molecule has 0 saturated heterocycles. The van der Waals surface area contributed by atoms with E-state index in [-0.39, 0.29) is 11.3 Å². The first kappa shape index (κ1) is 17.7. The van der Waals surface area contributed by atoms with Gasteiger partial charge in [0.15, 0.2) is 0 Å². The van der Waals surface area contributed by atoms with Crippen molar-refractivity contribution in [1.82, 2.24) is 10.3 Å². The van der Waals surface area contributed by atoms with Crippen molar-refractivity contribution in [3.05, 3.63) is 41.3 Å². The molecular weight excluding hydrogens is 348 g/mol. The summed E-state index contributed by atoms with van der Waals surface area (Å²) in [5.41, 5.74) is 3.30. The molecule has 0 aliphatic heterocycles. The monoisotopic (exact) mass is 374 g/mol. The van der Waals surface area contributed by atoms with E-state index in [1.54, 1.807) is 0 Å². The lowest BCUT2D eigenvalue weighted by atomic mass is 9.49. The average Bonchev–Trinajstić information content (AvgIpc) is 2.58. The Morgan fingerprint density at radius 2 is 1.62 bits per heavy atom. The molecule has 0 aromatic heterocycles. The molecule has 4 aliphatic carbocycles. The molecule has 2 N–H and O–H groups in total. The zero-order valence-electron chi connectivity index (χ0n) is 14.9. The molecule has 4 fully saturated rings. The highest BCUT2D eigenvalue weighted by atomic mass is 32.2. The molecule has 0 atom stereocenters. The fourth-order valence-electron chi connectivity index (χ4n) is 5.79. The van der Waals surface area contributed by atoms with Crippen molar-refractivity contribution in [3.8, 4) is 0 Å². The second kappa shape index (κ2) is 6.82. The van der Waals surface area contributed by atoms with Gasteiger partial charge in [0.05, 0.1) is 0 Å². The molecule has 140 valence electrons. The quantitative estimate of drug-likeness (QED) is 0.751. The standard InChI is InChI=1S/C20H26N2O3S/c23-19(14-20-11-16-8-17(12-20)10-18(9-16)13-20)21-22-26(24,25)7-6-15-4-2-1-3-5-15/h1-7,16-18,22H,8-14H2,(H,21,23)/b7-6+. The number of benzene rings is 1. The van der Waals surface area contributed by atoms with Gasteiger partial charge in [-0.15, -0.1) is 4.83 Å². The largest absolute Gasteiger partial charge is 0.278 e. The van der Waals surface area contributed by atoms with E-state index in [0.29, 0.717) is 6.42 Å². The van der Waals surface area contributed by atoms with E-state index in [2.05, 4.69) is 10.3 Å². The first-order valence-corrected chi connectivity index (χ1v) is 11.0. The molecule has 5 rings (SSSR count). The maximum Gasteiger partial charge on any atom is 0.250 e. The Bertz CT molecular complexity index is 766. The third kappa shape index (κ3) is 4.01. The van der Waals surface area contributed by atoms with Crippen LogP contribution in [0, 0.1) is 23.2 Å². The highest BCUT2D eigenvalue weighted by Gasteiger charge is 2.51. The Morgan fingerprint density at radius 3 is 2.19 bits per heavy atom. The van der Waals surface area contributed by atoms with E-state index < -0.39 is 10.0 Å². The normalized spacial score (nSPS) is 32.8. The number of sulfonamides is 1. The summed E-state index contributed by atoms with van der Waals surface area (Å²) in [5, 5.41) is 1.08. The predicted molar refractivity (Wildman–Crippen MR) is 101 cm³/mol. The highest BCUT2D eigenvalue weighted by molar-refractivity contribution is 7.92. The highest BCUT2D eigenvalue weighted by Crippen LogP contribution is 2.61. The van der Waals surface area contributed by atoms with Gasteiger partial charge in [-0.2, -0.15) is 0 Å². The number of carbonyl (C=O) groups excluding carboxylic acids is 1. The summed E-state index contributed by atoms with van der Waals surface area (Å²) in [6.45, 7) is 0. The summed E-state index contributed by atoms with van der Waals surface area (Å²) in [6.07, 6.45) is 9.33. The van der Waals surface area contributed by atoms with Gasteiger partial charge in [-0.25, -0.2) is 8.42 Å². The zero-order valence-corrected chi connectivity index (χ0v) is 15.7. The molecule has 0 unspecified atom stereocenters. The lowest BCUT2D eigenvalue weighted by Crippen LogP contribution is -2.49. The Hall–Kier alpha value is -1.66. The van der Waals surface area contributed by atoms with Crippen molar-refractivity contribution >= 4 is 22.0 Å². The molecule has 0 spiro atoms. The molecule has 4 bridgehead atoms. The Balaban J connectivity index is 1.32. The molecule has 4 saturated carbocycles. The van der Waals surface area contributed by atoms with Gasteiger partial charge in [-0.05, 0) is 73.3 Å². The van der Waals surface area contributed by atoms with Crippen LogP contribution in [0.5, 0.6) is 0 Å². The number of hydrazine groups is 1. The molecule has 1 amide bonds. The van der Waals surface area contributed by atoms with Gasteiger partial charge in [-0.3, -0.25) is 10.2 Å². The van der Waals surface area contributed by atoms with Crippen LogP contribution < -0.4 is 10.3 Å². The molecule has 0 heterocycles. The van der Waals surface area contributed by atoms with Crippen LogP contribution in [0.4, 0.5) is 0 Å². The van der Waals surface area contributed by atoms with Crippen LogP contribution in [-0.2, 0) is 14.8 Å². The lowest BCUT2D eigenvalue weighted by Gasteiger charge is -2.56. The molecule has 4 aliphatic rings.